The summed E-state index contributed by atoms with van der Waals surface area (Å²) in [4.78, 5) is 11.1. The van der Waals surface area contributed by atoms with Gasteiger partial charge < -0.3 is 19.4 Å². The third-order valence-corrected chi connectivity index (χ3v) is 3.45. The van der Waals surface area contributed by atoms with E-state index in [4.69, 9.17) is 14.3 Å². The second-order valence-corrected chi connectivity index (χ2v) is 5.11. The molecule has 0 aromatic carbocycles. The quantitative estimate of drug-likeness (QED) is 0.862. The summed E-state index contributed by atoms with van der Waals surface area (Å²) >= 11 is 0. The summed E-state index contributed by atoms with van der Waals surface area (Å²) in [5.74, 6) is -0.677. The molecule has 0 bridgehead atoms. The van der Waals surface area contributed by atoms with Gasteiger partial charge >= 0.3 is 5.97 Å². The summed E-state index contributed by atoms with van der Waals surface area (Å²) in [6.07, 6.45) is 1.93. The molecule has 1 aromatic rings. The average molecular weight is 254 g/mol. The number of ether oxygens (including phenoxy) is 1. The monoisotopic (exact) mass is 254 g/mol. The van der Waals surface area contributed by atoms with Crippen LogP contribution in [0.1, 0.15) is 42.8 Å². The molecule has 5 nitrogen and oxygen atoms in total. The third kappa shape index (κ3) is 2.28. The zero-order valence-electron chi connectivity index (χ0n) is 10.5. The van der Waals surface area contributed by atoms with Gasteiger partial charge in [-0.1, -0.05) is 13.8 Å². The number of rotatable bonds is 3. The van der Waals surface area contributed by atoms with E-state index in [2.05, 4.69) is 0 Å². The minimum Gasteiger partial charge on any atom is -0.478 e. The lowest BCUT2D eigenvalue weighted by atomic mass is 9.83. The van der Waals surface area contributed by atoms with Gasteiger partial charge in [-0.05, 0) is 12.0 Å². The fourth-order valence-corrected chi connectivity index (χ4v) is 2.35. The van der Waals surface area contributed by atoms with Gasteiger partial charge in [0.2, 0.25) is 0 Å². The molecule has 1 aromatic heterocycles. The number of hydrogen-bond donors (Lipinski definition) is 2. The molecule has 1 saturated heterocycles. The van der Waals surface area contributed by atoms with Crippen molar-refractivity contribution >= 4 is 5.97 Å². The second-order valence-electron chi connectivity index (χ2n) is 5.11. The van der Waals surface area contributed by atoms with Crippen molar-refractivity contribution in [1.82, 2.24) is 0 Å². The molecular formula is C13H18O5. The van der Waals surface area contributed by atoms with Crippen LogP contribution in [-0.4, -0.2) is 28.9 Å². The van der Waals surface area contributed by atoms with Crippen molar-refractivity contribution in [1.29, 1.82) is 0 Å². The van der Waals surface area contributed by atoms with E-state index in [-0.39, 0.29) is 23.3 Å². The predicted octanol–water partition coefficient (Wildman–Crippen LogP) is 2.00. The Balaban J connectivity index is 2.30. The van der Waals surface area contributed by atoms with Crippen molar-refractivity contribution in [3.05, 3.63) is 23.7 Å². The number of carbonyl (C=O) groups is 1. The van der Waals surface area contributed by atoms with Crippen LogP contribution in [-0.2, 0) is 10.3 Å². The highest BCUT2D eigenvalue weighted by atomic mass is 16.5. The Morgan fingerprint density at radius 3 is 2.89 bits per heavy atom. The first-order valence-corrected chi connectivity index (χ1v) is 6.09. The number of carboxylic acids is 1. The zero-order valence-corrected chi connectivity index (χ0v) is 10.5. The zero-order chi connectivity index (χ0) is 13.3. The van der Waals surface area contributed by atoms with E-state index >= 15 is 0 Å². The maximum absolute atomic E-state index is 11.1. The molecule has 1 aliphatic heterocycles. The standard InChI is InChI=1S/C13H18O5/c1-8(2)10-7-13(16,4-6-17-10)11-9(12(14)15)3-5-18-11/h3,5,8,10,16H,4,6-7H2,1-2H3,(H,14,15). The largest absolute Gasteiger partial charge is 0.478 e. The first kappa shape index (κ1) is 13.1. The van der Waals surface area contributed by atoms with E-state index in [0.29, 0.717) is 19.4 Å². The predicted molar refractivity (Wildman–Crippen MR) is 63.4 cm³/mol. The Kier molecular flexibility index (Phi) is 3.45. The molecule has 0 spiro atoms. The fourth-order valence-electron chi connectivity index (χ4n) is 2.35. The smallest absolute Gasteiger partial charge is 0.339 e. The minimum absolute atomic E-state index is 0.0295. The minimum atomic E-state index is -1.25. The van der Waals surface area contributed by atoms with Crippen LogP contribution < -0.4 is 0 Å². The highest BCUT2D eigenvalue weighted by Gasteiger charge is 2.42. The summed E-state index contributed by atoms with van der Waals surface area (Å²) in [6.45, 7) is 4.42. The Labute approximate surface area is 105 Å². The molecule has 0 radical (unpaired) electrons. The van der Waals surface area contributed by atoms with Crippen molar-refractivity contribution in [2.45, 2.75) is 38.4 Å². The van der Waals surface area contributed by atoms with E-state index in [0.717, 1.165) is 0 Å². The maximum Gasteiger partial charge on any atom is 0.339 e. The number of furan rings is 1. The molecular weight excluding hydrogens is 236 g/mol. The van der Waals surface area contributed by atoms with Crippen LogP contribution in [0.15, 0.2) is 16.7 Å². The lowest BCUT2D eigenvalue weighted by Crippen LogP contribution is -2.41. The maximum atomic E-state index is 11.1. The van der Waals surface area contributed by atoms with Crippen LogP contribution in [0.5, 0.6) is 0 Å². The molecule has 5 heteroatoms. The molecule has 2 rings (SSSR count). The molecule has 100 valence electrons. The summed E-state index contributed by atoms with van der Waals surface area (Å²) < 4.78 is 10.8. The Bertz CT molecular complexity index is 436. The van der Waals surface area contributed by atoms with Gasteiger partial charge in [0.15, 0.2) is 0 Å². The lowest BCUT2D eigenvalue weighted by molar-refractivity contribution is -0.130. The third-order valence-electron chi connectivity index (χ3n) is 3.45. The average Bonchev–Trinajstić information content (AvgIpc) is 2.78. The van der Waals surface area contributed by atoms with Crippen LogP contribution >= 0.6 is 0 Å². The first-order chi connectivity index (χ1) is 8.44. The number of aliphatic hydroxyl groups is 1. The number of carboxylic acid groups (broad SMARTS) is 1. The molecule has 0 saturated carbocycles. The topological polar surface area (TPSA) is 79.9 Å². The second kappa shape index (κ2) is 4.74. The van der Waals surface area contributed by atoms with E-state index in [9.17, 15) is 9.90 Å². The van der Waals surface area contributed by atoms with Crippen molar-refractivity contribution in [2.24, 2.45) is 5.92 Å². The van der Waals surface area contributed by atoms with Crippen LogP contribution in [0.4, 0.5) is 0 Å². The van der Waals surface area contributed by atoms with Gasteiger partial charge in [-0.3, -0.25) is 0 Å². The van der Waals surface area contributed by atoms with Gasteiger partial charge in [-0.25, -0.2) is 4.79 Å². The molecule has 2 N–H and O–H groups in total. The molecule has 2 atom stereocenters. The van der Waals surface area contributed by atoms with E-state index < -0.39 is 11.6 Å². The van der Waals surface area contributed by atoms with Crippen LogP contribution in [0.25, 0.3) is 0 Å². The van der Waals surface area contributed by atoms with Crippen molar-refractivity contribution in [2.75, 3.05) is 6.61 Å². The summed E-state index contributed by atoms with van der Waals surface area (Å²) in [6, 6.07) is 1.37. The molecule has 18 heavy (non-hydrogen) atoms. The molecule has 2 unspecified atom stereocenters. The van der Waals surface area contributed by atoms with Crippen LogP contribution in [0.3, 0.4) is 0 Å². The Morgan fingerprint density at radius 1 is 1.56 bits per heavy atom. The number of aromatic carboxylic acids is 1. The Hall–Kier alpha value is -1.33. The van der Waals surface area contributed by atoms with Gasteiger partial charge in [0.25, 0.3) is 0 Å². The van der Waals surface area contributed by atoms with Crippen molar-refractivity contribution in [3.8, 4) is 0 Å². The van der Waals surface area contributed by atoms with Crippen LogP contribution in [0, 0.1) is 5.92 Å². The van der Waals surface area contributed by atoms with Gasteiger partial charge in [0.1, 0.15) is 16.9 Å². The van der Waals surface area contributed by atoms with Gasteiger partial charge in [-0.2, -0.15) is 0 Å². The van der Waals surface area contributed by atoms with Crippen LogP contribution in [0.2, 0.25) is 0 Å². The van der Waals surface area contributed by atoms with E-state index in [1.807, 2.05) is 13.8 Å². The van der Waals surface area contributed by atoms with Gasteiger partial charge in [-0.15, -0.1) is 0 Å². The highest BCUT2D eigenvalue weighted by molar-refractivity contribution is 5.89. The van der Waals surface area contributed by atoms with E-state index in [1.165, 1.54) is 12.3 Å². The summed E-state index contributed by atoms with van der Waals surface area (Å²) in [5, 5.41) is 19.7. The first-order valence-electron chi connectivity index (χ1n) is 6.09. The van der Waals surface area contributed by atoms with Crippen molar-refractivity contribution < 1.29 is 24.2 Å². The van der Waals surface area contributed by atoms with Crippen molar-refractivity contribution in [3.63, 3.8) is 0 Å². The highest BCUT2D eigenvalue weighted by Crippen LogP contribution is 2.38. The summed E-state index contributed by atoms with van der Waals surface area (Å²) in [7, 11) is 0. The van der Waals surface area contributed by atoms with Gasteiger partial charge in [0, 0.05) is 12.8 Å². The van der Waals surface area contributed by atoms with E-state index in [1.54, 1.807) is 0 Å². The molecule has 1 aliphatic rings. The number of hydrogen-bond acceptors (Lipinski definition) is 4. The normalized spacial score (nSPS) is 28.6. The Morgan fingerprint density at radius 2 is 2.28 bits per heavy atom. The SMILES string of the molecule is CC(C)C1CC(O)(c2occc2C(=O)O)CCO1. The molecule has 2 heterocycles. The molecule has 1 fully saturated rings. The molecule has 0 aliphatic carbocycles. The van der Waals surface area contributed by atoms with Gasteiger partial charge in [0.05, 0.1) is 19.0 Å². The summed E-state index contributed by atoms with van der Waals surface area (Å²) in [5.41, 5.74) is -1.22. The lowest BCUT2D eigenvalue weighted by Gasteiger charge is -2.37. The molecule has 0 amide bonds. The fraction of sp³-hybridized carbons (Fsp3) is 0.615.